The van der Waals surface area contributed by atoms with Crippen LogP contribution in [0.1, 0.15) is 62.9 Å². The first-order chi connectivity index (χ1) is 21.2. The third-order valence-corrected chi connectivity index (χ3v) is 6.50. The molecule has 0 bridgehead atoms. The van der Waals surface area contributed by atoms with Gasteiger partial charge in [-0.15, -0.1) is 0 Å². The lowest BCUT2D eigenvalue weighted by molar-refractivity contribution is 0.0963. The minimum atomic E-state index is -0.0683. The molecule has 0 spiro atoms. The normalized spacial score (nSPS) is 15.0. The summed E-state index contributed by atoms with van der Waals surface area (Å²) in [6.45, 7) is 0. The minimum Gasteiger partial charge on any atom is -0.383 e. The van der Waals surface area contributed by atoms with Gasteiger partial charge in [0.05, 0.1) is 0 Å². The van der Waals surface area contributed by atoms with E-state index in [4.69, 9.17) is 16.1 Å². The van der Waals surface area contributed by atoms with Crippen molar-refractivity contribution in [1.82, 2.24) is 45.8 Å². The van der Waals surface area contributed by atoms with Crippen LogP contribution in [-0.4, -0.2) is 91.5 Å². The first-order valence-electron chi connectivity index (χ1n) is 13.6. The van der Waals surface area contributed by atoms with Gasteiger partial charge in [-0.2, -0.15) is 0 Å². The summed E-state index contributed by atoms with van der Waals surface area (Å²) in [6, 6.07) is 0. The highest BCUT2D eigenvalue weighted by atomic mass is 16.6. The third kappa shape index (κ3) is 7.64. The predicted octanol–water partition coefficient (Wildman–Crippen LogP) is 0.789. The Morgan fingerprint density at radius 2 is 1.43 bits per heavy atom. The number of aliphatic imine (C=N–C) groups is 1. The molecule has 18 nitrogen and oxygen atoms in total. The van der Waals surface area contributed by atoms with Gasteiger partial charge in [0.25, 0.3) is 0 Å². The number of aromatic nitrogens is 8. The standard InChI is InChI=1S/C9H9N5O.C9H11N3O2.C6H6N2O2.C2H7N3/c1-10-9-11-4-5-2-3-6-8(7(5)12-9)14-15-13-6;1-12(2)5-6-3-4-7-8(9(6)13)11-14-10-7;9-5-3-1-2-4-6(5)8-10-7-4;1-5-2(3)4/h4H,2-3H2,1H3,(H,10,11,12);5H,3-4H2,1-2H3;1-3H2;1H3,(H4,3,4,5)/b;6-5+;;. The number of rotatable bonds is 2. The number of nitrogens with two attached hydrogens (primary N) is 2. The van der Waals surface area contributed by atoms with Gasteiger partial charge >= 0.3 is 0 Å². The highest BCUT2D eigenvalue weighted by molar-refractivity contribution is 6.08. The zero-order valence-electron chi connectivity index (χ0n) is 24.8. The Labute approximate surface area is 251 Å². The summed E-state index contributed by atoms with van der Waals surface area (Å²) in [5.41, 5.74) is 16.1. The number of nitrogens with zero attached hydrogens (tertiary/aromatic N) is 10. The average molecular weight is 608 g/mol. The van der Waals surface area contributed by atoms with Gasteiger partial charge in [-0.25, -0.2) is 23.9 Å². The summed E-state index contributed by atoms with van der Waals surface area (Å²) in [5, 5.41) is 25.0. The largest absolute Gasteiger partial charge is 0.383 e. The Hall–Kier alpha value is -5.55. The molecule has 0 amide bonds. The van der Waals surface area contributed by atoms with Crippen LogP contribution < -0.4 is 16.8 Å². The van der Waals surface area contributed by atoms with Crippen molar-refractivity contribution in [2.75, 3.05) is 33.5 Å². The van der Waals surface area contributed by atoms with Crippen molar-refractivity contribution >= 4 is 23.5 Å². The molecule has 5 N–H and O–H groups in total. The number of ketones is 2. The van der Waals surface area contributed by atoms with Crippen molar-refractivity contribution < 1.29 is 23.5 Å². The lowest BCUT2D eigenvalue weighted by Gasteiger charge is -2.13. The van der Waals surface area contributed by atoms with E-state index in [1.165, 1.54) is 7.05 Å². The van der Waals surface area contributed by atoms with E-state index in [1.54, 1.807) is 7.05 Å². The van der Waals surface area contributed by atoms with Crippen molar-refractivity contribution in [1.29, 1.82) is 0 Å². The number of carbonyl (C=O) groups excluding carboxylic acids is 2. The quantitative estimate of drug-likeness (QED) is 0.161. The van der Waals surface area contributed by atoms with E-state index in [0.717, 1.165) is 66.0 Å². The smallest absolute Gasteiger partial charge is 0.223 e. The summed E-state index contributed by atoms with van der Waals surface area (Å²) in [7, 11) is 7.09. The van der Waals surface area contributed by atoms with Gasteiger partial charge in [-0.1, -0.05) is 15.5 Å². The Morgan fingerprint density at radius 1 is 0.841 bits per heavy atom. The van der Waals surface area contributed by atoms with Gasteiger partial charge in [0.2, 0.25) is 11.7 Å². The zero-order valence-corrected chi connectivity index (χ0v) is 24.8. The molecule has 0 atom stereocenters. The first-order valence-corrected chi connectivity index (χ1v) is 13.6. The number of carbonyl (C=O) groups is 2. The monoisotopic (exact) mass is 607 g/mol. The van der Waals surface area contributed by atoms with Gasteiger partial charge < -0.3 is 21.7 Å². The number of Topliss-reactive ketones (excluding diaryl/α,β-unsaturated/α-hetero) is 2. The van der Waals surface area contributed by atoms with Crippen LogP contribution in [0.25, 0.3) is 11.4 Å². The van der Waals surface area contributed by atoms with E-state index in [1.807, 2.05) is 31.4 Å². The molecule has 0 aromatic carbocycles. The molecule has 4 heterocycles. The Bertz CT molecular complexity index is 1650. The number of aryl methyl sites for hydroxylation is 4. The van der Waals surface area contributed by atoms with Crippen molar-refractivity contribution in [2.45, 2.75) is 44.9 Å². The molecular formula is C26H33N13O5. The summed E-state index contributed by atoms with van der Waals surface area (Å²) in [6.07, 6.45) is 9.09. The van der Waals surface area contributed by atoms with Crippen LogP contribution in [0.5, 0.6) is 0 Å². The summed E-state index contributed by atoms with van der Waals surface area (Å²) >= 11 is 0. The Morgan fingerprint density at radius 3 is 2.05 bits per heavy atom. The Balaban J connectivity index is 0.000000142. The van der Waals surface area contributed by atoms with Crippen molar-refractivity contribution in [2.24, 2.45) is 16.5 Å². The second-order valence-corrected chi connectivity index (χ2v) is 9.87. The van der Waals surface area contributed by atoms with E-state index in [9.17, 15) is 9.59 Å². The number of allylic oxidation sites excluding steroid dienone is 1. The van der Waals surface area contributed by atoms with Gasteiger partial charge in [0, 0.05) is 52.6 Å². The number of fused-ring (bicyclic) bond motifs is 5. The molecule has 4 aromatic rings. The molecule has 0 aliphatic heterocycles. The van der Waals surface area contributed by atoms with Crippen LogP contribution in [0.15, 0.2) is 36.8 Å². The molecule has 0 radical (unpaired) electrons. The molecule has 232 valence electrons. The summed E-state index contributed by atoms with van der Waals surface area (Å²) in [5.74, 6) is 0.707. The van der Waals surface area contributed by atoms with E-state index < -0.39 is 0 Å². The highest BCUT2D eigenvalue weighted by Crippen LogP contribution is 2.29. The van der Waals surface area contributed by atoms with Crippen LogP contribution in [-0.2, 0) is 25.7 Å². The van der Waals surface area contributed by atoms with Crippen molar-refractivity contribution in [3.8, 4) is 11.4 Å². The van der Waals surface area contributed by atoms with Crippen LogP contribution in [0.3, 0.4) is 0 Å². The fraction of sp³-hybridized carbons (Fsp3) is 0.423. The van der Waals surface area contributed by atoms with E-state index in [2.05, 4.69) is 60.5 Å². The van der Waals surface area contributed by atoms with Gasteiger partial charge in [0.1, 0.15) is 22.8 Å². The maximum absolute atomic E-state index is 11.8. The van der Waals surface area contributed by atoms with E-state index >= 15 is 0 Å². The van der Waals surface area contributed by atoms with Gasteiger partial charge in [-0.3, -0.25) is 14.6 Å². The molecular weight excluding hydrogens is 574 g/mol. The van der Waals surface area contributed by atoms with Crippen molar-refractivity contribution in [3.63, 3.8) is 0 Å². The number of hydrogen-bond acceptors (Lipinski definition) is 16. The highest BCUT2D eigenvalue weighted by Gasteiger charge is 2.27. The molecule has 7 rings (SSSR count). The lowest BCUT2D eigenvalue weighted by atomic mass is 9.95. The van der Waals surface area contributed by atoms with E-state index in [-0.39, 0.29) is 17.5 Å². The first kappa shape index (κ1) is 31.4. The predicted molar refractivity (Wildman–Crippen MR) is 154 cm³/mol. The third-order valence-electron chi connectivity index (χ3n) is 6.50. The van der Waals surface area contributed by atoms with Gasteiger partial charge in [-0.05, 0) is 59.6 Å². The molecule has 3 aliphatic rings. The lowest BCUT2D eigenvalue weighted by Crippen LogP contribution is -2.21. The Kier molecular flexibility index (Phi) is 10.4. The number of hydrogen-bond donors (Lipinski definition) is 3. The maximum atomic E-state index is 11.8. The molecule has 0 unspecified atom stereocenters. The summed E-state index contributed by atoms with van der Waals surface area (Å²) < 4.78 is 13.7. The number of guanidine groups is 1. The summed E-state index contributed by atoms with van der Waals surface area (Å²) in [4.78, 5) is 36.5. The molecule has 0 saturated carbocycles. The second-order valence-electron chi connectivity index (χ2n) is 9.87. The fourth-order valence-electron chi connectivity index (χ4n) is 4.33. The molecule has 44 heavy (non-hydrogen) atoms. The number of nitrogens with one attached hydrogen (secondary N) is 1. The topological polar surface area (TPSA) is 256 Å². The molecule has 0 fully saturated rings. The zero-order chi connectivity index (χ0) is 31.6. The SMILES string of the molecule is CN(C)/C=C1\CCc2nonc2C1=O.CN=C(N)N.CNc1ncc2c(n1)-c1nonc1CC2.O=C1CCCc2nonc21. The van der Waals surface area contributed by atoms with Crippen molar-refractivity contribution in [3.05, 3.63) is 52.0 Å². The van der Waals surface area contributed by atoms with Crippen LogP contribution in [0.4, 0.5) is 5.95 Å². The molecule has 4 aromatic heterocycles. The van der Waals surface area contributed by atoms with Crippen LogP contribution in [0, 0.1) is 0 Å². The fourth-order valence-corrected chi connectivity index (χ4v) is 4.33. The maximum Gasteiger partial charge on any atom is 0.223 e. The molecule has 18 heteroatoms. The second kappa shape index (κ2) is 14.6. The van der Waals surface area contributed by atoms with E-state index in [0.29, 0.717) is 35.9 Å². The van der Waals surface area contributed by atoms with Crippen LogP contribution in [0.2, 0.25) is 0 Å². The number of anilines is 1. The average Bonchev–Trinajstić information content (AvgIpc) is 3.80. The minimum absolute atomic E-state index is 0.0579. The van der Waals surface area contributed by atoms with Gasteiger partial charge in [0.15, 0.2) is 28.8 Å². The molecule has 3 aliphatic carbocycles. The molecule has 0 saturated heterocycles. The van der Waals surface area contributed by atoms with Crippen LogP contribution >= 0.6 is 0 Å².